The maximum absolute atomic E-state index is 12.6. The van der Waals surface area contributed by atoms with Crippen molar-refractivity contribution < 1.29 is 13.6 Å². The smallest absolute Gasteiger partial charge is 0.264 e. The number of hydrogen-bond donors (Lipinski definition) is 0. The number of alkyl halides is 3. The lowest BCUT2D eigenvalue weighted by Crippen LogP contribution is -2.04. The molecule has 0 atom stereocenters. The van der Waals surface area contributed by atoms with Crippen molar-refractivity contribution in [2.75, 3.05) is 11.6 Å². The minimum absolute atomic E-state index is 0.0301. The Morgan fingerprint density at radius 2 is 2.19 bits per heavy atom. The van der Waals surface area contributed by atoms with Gasteiger partial charge in [-0.05, 0) is 17.9 Å². The molecule has 0 unspecified atom stereocenters. The number of carbonyl (C=O) groups is 1. The van der Waals surface area contributed by atoms with E-state index in [0.717, 1.165) is 5.56 Å². The summed E-state index contributed by atoms with van der Waals surface area (Å²) in [6.07, 6.45) is -0.442. The summed E-state index contributed by atoms with van der Waals surface area (Å²) < 4.78 is 25.2. The molecule has 0 fully saturated rings. The van der Waals surface area contributed by atoms with E-state index in [1.807, 2.05) is 0 Å². The van der Waals surface area contributed by atoms with Gasteiger partial charge in [-0.15, -0.1) is 11.8 Å². The first kappa shape index (κ1) is 13.6. The van der Waals surface area contributed by atoms with E-state index in [0.29, 0.717) is 4.90 Å². The van der Waals surface area contributed by atoms with Gasteiger partial charge in [-0.3, -0.25) is 4.79 Å². The van der Waals surface area contributed by atoms with E-state index in [9.17, 15) is 13.6 Å². The van der Waals surface area contributed by atoms with Crippen LogP contribution in [-0.4, -0.2) is 17.4 Å². The lowest BCUT2D eigenvalue weighted by molar-refractivity contribution is -0.115. The second-order valence-corrected chi connectivity index (χ2v) is 4.63. The van der Waals surface area contributed by atoms with Crippen LogP contribution in [0.5, 0.6) is 0 Å². The maximum Gasteiger partial charge on any atom is 0.264 e. The lowest BCUT2D eigenvalue weighted by Gasteiger charge is -2.08. The zero-order chi connectivity index (χ0) is 12.1. The second kappa shape index (κ2) is 6.35. The Bertz CT molecular complexity index is 382. The molecule has 0 bridgehead atoms. The van der Waals surface area contributed by atoms with Crippen molar-refractivity contribution >= 4 is 33.5 Å². The van der Waals surface area contributed by atoms with Gasteiger partial charge in [0.25, 0.3) is 6.43 Å². The molecule has 0 N–H and O–H groups in total. The Balaban J connectivity index is 2.95. The van der Waals surface area contributed by atoms with Crippen LogP contribution < -0.4 is 0 Å². The van der Waals surface area contributed by atoms with E-state index in [1.165, 1.54) is 17.8 Å². The predicted octanol–water partition coefficient (Wildman–Crippen LogP) is 3.85. The Morgan fingerprint density at radius 1 is 1.50 bits per heavy atom. The molecule has 0 spiro atoms. The quantitative estimate of drug-likeness (QED) is 0.607. The maximum atomic E-state index is 12.6. The number of rotatable bonds is 5. The van der Waals surface area contributed by atoms with Gasteiger partial charge in [0, 0.05) is 16.9 Å². The molecule has 0 heterocycles. The molecule has 1 aromatic carbocycles. The van der Waals surface area contributed by atoms with Crippen LogP contribution in [0.4, 0.5) is 8.78 Å². The first-order chi connectivity index (χ1) is 7.58. The predicted molar refractivity (Wildman–Crippen MR) is 65.7 cm³/mol. The van der Waals surface area contributed by atoms with Gasteiger partial charge in [0.1, 0.15) is 5.78 Å². The normalized spacial score (nSPS) is 10.8. The molecule has 1 aromatic rings. The van der Waals surface area contributed by atoms with E-state index in [4.69, 9.17) is 0 Å². The van der Waals surface area contributed by atoms with E-state index in [1.54, 1.807) is 18.4 Å². The number of carbonyl (C=O) groups excluding carboxylic acids is 1. The van der Waals surface area contributed by atoms with Crippen LogP contribution >= 0.6 is 27.7 Å². The van der Waals surface area contributed by atoms with Crippen LogP contribution in [0.25, 0.3) is 0 Å². The van der Waals surface area contributed by atoms with Crippen molar-refractivity contribution in [2.45, 2.75) is 17.7 Å². The Labute approximate surface area is 106 Å². The third-order valence-corrected chi connectivity index (χ3v) is 3.50. The molecule has 0 saturated heterocycles. The zero-order valence-electron chi connectivity index (χ0n) is 8.67. The number of ketones is 1. The first-order valence-electron chi connectivity index (χ1n) is 4.61. The number of benzene rings is 1. The summed E-state index contributed by atoms with van der Waals surface area (Å²) in [5.74, 6) is 0.0388. The van der Waals surface area contributed by atoms with Gasteiger partial charge >= 0.3 is 0 Å². The number of hydrogen-bond acceptors (Lipinski definition) is 2. The molecule has 16 heavy (non-hydrogen) atoms. The summed E-state index contributed by atoms with van der Waals surface area (Å²) >= 11 is 4.34. The molecule has 1 nitrogen and oxygen atoms in total. The Hall–Kier alpha value is -0.420. The third kappa shape index (κ3) is 3.56. The van der Waals surface area contributed by atoms with E-state index >= 15 is 0 Å². The average Bonchev–Trinajstić information content (AvgIpc) is 2.28. The highest BCUT2D eigenvalue weighted by Gasteiger charge is 2.13. The van der Waals surface area contributed by atoms with Crippen molar-refractivity contribution in [1.29, 1.82) is 0 Å². The molecule has 0 aliphatic heterocycles. The molecule has 0 saturated carbocycles. The Morgan fingerprint density at radius 3 is 2.69 bits per heavy atom. The van der Waals surface area contributed by atoms with Crippen molar-refractivity contribution in [1.82, 2.24) is 0 Å². The fourth-order valence-corrected chi connectivity index (χ4v) is 2.18. The summed E-state index contributed by atoms with van der Waals surface area (Å²) in [7, 11) is 0. The average molecular weight is 309 g/mol. The van der Waals surface area contributed by atoms with Gasteiger partial charge in [0.05, 0.1) is 5.33 Å². The summed E-state index contributed by atoms with van der Waals surface area (Å²) in [6, 6.07) is 4.64. The SMILES string of the molecule is CSc1cc(CC(=O)CBr)ccc1C(F)F. The molecule has 1 rings (SSSR count). The topological polar surface area (TPSA) is 17.1 Å². The minimum atomic E-state index is -2.47. The van der Waals surface area contributed by atoms with E-state index in [-0.39, 0.29) is 23.1 Å². The monoisotopic (exact) mass is 308 g/mol. The van der Waals surface area contributed by atoms with Gasteiger partial charge in [-0.25, -0.2) is 8.78 Å². The highest BCUT2D eigenvalue weighted by atomic mass is 79.9. The van der Waals surface area contributed by atoms with Crippen LogP contribution in [0.2, 0.25) is 0 Å². The van der Waals surface area contributed by atoms with Crippen LogP contribution in [0.3, 0.4) is 0 Å². The molecule has 0 radical (unpaired) electrons. The van der Waals surface area contributed by atoms with Gasteiger partial charge in [-0.2, -0.15) is 0 Å². The minimum Gasteiger partial charge on any atom is -0.298 e. The Kier molecular flexibility index (Phi) is 5.41. The fraction of sp³-hybridized carbons (Fsp3) is 0.364. The lowest BCUT2D eigenvalue weighted by atomic mass is 10.1. The van der Waals surface area contributed by atoms with E-state index < -0.39 is 6.43 Å². The fourth-order valence-electron chi connectivity index (χ4n) is 1.32. The molecule has 0 amide bonds. The van der Waals surface area contributed by atoms with Crippen LogP contribution in [0.15, 0.2) is 23.1 Å². The van der Waals surface area contributed by atoms with Crippen LogP contribution in [-0.2, 0) is 11.2 Å². The second-order valence-electron chi connectivity index (χ2n) is 3.23. The molecular formula is C11H11BrF2OS. The summed E-state index contributed by atoms with van der Waals surface area (Å²) in [5, 5.41) is 0.290. The standard InChI is InChI=1S/C11H11BrF2OS/c1-16-10-5-7(4-8(15)6-12)2-3-9(10)11(13)14/h2-3,5,11H,4,6H2,1H3. The van der Waals surface area contributed by atoms with Crippen LogP contribution in [0, 0.1) is 0 Å². The summed E-state index contributed by atoms with van der Waals surface area (Å²) in [6.45, 7) is 0. The number of halogens is 3. The molecule has 0 aromatic heterocycles. The molecule has 0 aliphatic rings. The number of Topliss-reactive ketones (excluding diaryl/α,β-unsaturated/α-hetero) is 1. The van der Waals surface area contributed by atoms with Crippen molar-refractivity contribution in [3.63, 3.8) is 0 Å². The first-order valence-corrected chi connectivity index (χ1v) is 6.95. The van der Waals surface area contributed by atoms with E-state index in [2.05, 4.69) is 15.9 Å². The molecular weight excluding hydrogens is 298 g/mol. The molecule has 0 aliphatic carbocycles. The highest BCUT2D eigenvalue weighted by Crippen LogP contribution is 2.30. The largest absolute Gasteiger partial charge is 0.298 e. The summed E-state index contributed by atoms with van der Waals surface area (Å²) in [5.41, 5.74) is 0.806. The third-order valence-electron chi connectivity index (χ3n) is 2.08. The van der Waals surface area contributed by atoms with Crippen molar-refractivity contribution in [3.05, 3.63) is 29.3 Å². The zero-order valence-corrected chi connectivity index (χ0v) is 11.1. The highest BCUT2D eigenvalue weighted by molar-refractivity contribution is 9.09. The van der Waals surface area contributed by atoms with Gasteiger partial charge < -0.3 is 0 Å². The van der Waals surface area contributed by atoms with Gasteiger partial charge in [0.15, 0.2) is 0 Å². The van der Waals surface area contributed by atoms with Gasteiger partial charge in [0.2, 0.25) is 0 Å². The number of thioether (sulfide) groups is 1. The van der Waals surface area contributed by atoms with Gasteiger partial charge in [-0.1, -0.05) is 28.1 Å². The molecule has 88 valence electrons. The van der Waals surface area contributed by atoms with Crippen LogP contribution in [0.1, 0.15) is 17.6 Å². The molecule has 5 heteroatoms. The van der Waals surface area contributed by atoms with Crippen molar-refractivity contribution in [3.8, 4) is 0 Å². The van der Waals surface area contributed by atoms with Crippen molar-refractivity contribution in [2.24, 2.45) is 0 Å². The summed E-state index contributed by atoms with van der Waals surface area (Å²) in [4.78, 5) is 11.7.